The molecule has 1 aliphatic heterocycles. The summed E-state index contributed by atoms with van der Waals surface area (Å²) in [4.78, 5) is 15.2. The fraction of sp³-hybridized carbons (Fsp3) is 0.769. The summed E-state index contributed by atoms with van der Waals surface area (Å²) in [6, 6.07) is 0.404. The third-order valence-electron chi connectivity index (χ3n) is 3.22. The average molecular weight is 265 g/mol. The maximum absolute atomic E-state index is 5.52. The second-order valence-corrected chi connectivity index (χ2v) is 5.68. The van der Waals surface area contributed by atoms with Crippen LogP contribution in [0.15, 0.2) is 0 Å². The Morgan fingerprint density at radius 3 is 2.68 bits per heavy atom. The number of anilines is 2. The third-order valence-corrected chi connectivity index (χ3v) is 3.22. The molecule has 1 N–H and O–H groups in total. The van der Waals surface area contributed by atoms with E-state index in [0.29, 0.717) is 29.9 Å². The molecule has 0 aromatic carbocycles. The van der Waals surface area contributed by atoms with Crippen molar-refractivity contribution in [2.24, 2.45) is 5.41 Å². The number of hydrogen-bond acceptors (Lipinski definition) is 6. The van der Waals surface area contributed by atoms with Crippen LogP contribution < -0.4 is 15.0 Å². The van der Waals surface area contributed by atoms with Crippen molar-refractivity contribution in [1.82, 2.24) is 15.0 Å². The monoisotopic (exact) mass is 265 g/mol. The maximum atomic E-state index is 5.52. The van der Waals surface area contributed by atoms with Gasteiger partial charge in [-0.1, -0.05) is 20.8 Å². The summed E-state index contributed by atoms with van der Waals surface area (Å²) >= 11 is 0. The first-order valence-corrected chi connectivity index (χ1v) is 6.85. The topological polar surface area (TPSA) is 63.2 Å². The first-order chi connectivity index (χ1) is 9.04. The van der Waals surface area contributed by atoms with E-state index in [1.54, 1.807) is 7.05 Å². The molecule has 106 valence electrons. The van der Waals surface area contributed by atoms with Gasteiger partial charge < -0.3 is 15.0 Å². The van der Waals surface area contributed by atoms with Crippen molar-refractivity contribution in [3.8, 4) is 6.01 Å². The van der Waals surface area contributed by atoms with Crippen LogP contribution in [-0.2, 0) is 0 Å². The summed E-state index contributed by atoms with van der Waals surface area (Å²) in [6.45, 7) is 9.16. The fourth-order valence-electron chi connectivity index (χ4n) is 2.14. The Labute approximate surface area is 114 Å². The molecule has 1 aliphatic rings. The first kappa shape index (κ1) is 13.8. The number of nitrogens with one attached hydrogen (secondary N) is 1. The van der Waals surface area contributed by atoms with Gasteiger partial charge in [-0.3, -0.25) is 0 Å². The van der Waals surface area contributed by atoms with E-state index in [4.69, 9.17) is 4.74 Å². The van der Waals surface area contributed by atoms with Crippen molar-refractivity contribution in [1.29, 1.82) is 0 Å². The van der Waals surface area contributed by atoms with Crippen molar-refractivity contribution in [2.45, 2.75) is 33.6 Å². The lowest BCUT2D eigenvalue weighted by atomic mass is 9.93. The number of rotatable bonds is 5. The van der Waals surface area contributed by atoms with Gasteiger partial charge in [-0.25, -0.2) is 0 Å². The van der Waals surface area contributed by atoms with Crippen LogP contribution >= 0.6 is 0 Å². The molecule has 1 saturated heterocycles. The van der Waals surface area contributed by atoms with Gasteiger partial charge in [0, 0.05) is 20.1 Å². The van der Waals surface area contributed by atoms with Gasteiger partial charge in [0.05, 0.1) is 6.61 Å². The van der Waals surface area contributed by atoms with Gasteiger partial charge >= 0.3 is 6.01 Å². The molecule has 0 amide bonds. The average Bonchev–Trinajstić information content (AvgIpc) is 2.76. The highest BCUT2D eigenvalue weighted by Crippen LogP contribution is 2.31. The highest BCUT2D eigenvalue weighted by Gasteiger charge is 2.31. The summed E-state index contributed by atoms with van der Waals surface area (Å²) < 4.78 is 5.52. The second kappa shape index (κ2) is 5.59. The number of ether oxygens (including phenoxy) is 1. The van der Waals surface area contributed by atoms with Gasteiger partial charge in [0.1, 0.15) is 0 Å². The zero-order valence-electron chi connectivity index (χ0n) is 12.2. The normalized spacial score (nSPS) is 17.6. The van der Waals surface area contributed by atoms with Crippen LogP contribution in [0, 0.1) is 5.41 Å². The van der Waals surface area contributed by atoms with Crippen LogP contribution in [0.5, 0.6) is 6.01 Å². The van der Waals surface area contributed by atoms with Crippen molar-refractivity contribution < 1.29 is 4.74 Å². The zero-order valence-corrected chi connectivity index (χ0v) is 12.2. The standard InChI is InChI=1S/C13H23N5O/c1-5-8-19-12-16-10(14-4)15-11(17-12)18-7-6-13(2,3)9-18/h5-9H2,1-4H3,(H,14,15,16,17). The lowest BCUT2D eigenvalue weighted by molar-refractivity contribution is 0.292. The molecule has 0 atom stereocenters. The molecule has 0 radical (unpaired) electrons. The van der Waals surface area contributed by atoms with Crippen LogP contribution in [0.25, 0.3) is 0 Å². The van der Waals surface area contributed by atoms with Crippen LogP contribution in [-0.4, -0.2) is 41.7 Å². The van der Waals surface area contributed by atoms with E-state index in [1.165, 1.54) is 0 Å². The summed E-state index contributed by atoms with van der Waals surface area (Å²) in [6.07, 6.45) is 2.09. The smallest absolute Gasteiger partial charge is 0.323 e. The van der Waals surface area contributed by atoms with Gasteiger partial charge in [-0.05, 0) is 18.3 Å². The molecule has 0 unspecified atom stereocenters. The molecule has 2 rings (SSSR count). The molecule has 0 bridgehead atoms. The van der Waals surface area contributed by atoms with E-state index >= 15 is 0 Å². The summed E-state index contributed by atoms with van der Waals surface area (Å²) in [5, 5.41) is 2.96. The molecule has 19 heavy (non-hydrogen) atoms. The minimum atomic E-state index is 0.316. The predicted octanol–water partition coefficient (Wildman–Crippen LogP) is 1.94. The van der Waals surface area contributed by atoms with Crippen LogP contribution in [0.1, 0.15) is 33.6 Å². The van der Waals surface area contributed by atoms with Crippen LogP contribution in [0.2, 0.25) is 0 Å². The van der Waals surface area contributed by atoms with E-state index in [0.717, 1.165) is 25.9 Å². The van der Waals surface area contributed by atoms with Gasteiger partial charge in [-0.2, -0.15) is 15.0 Å². The zero-order chi connectivity index (χ0) is 13.9. The number of hydrogen-bond donors (Lipinski definition) is 1. The Hall–Kier alpha value is -1.59. The molecule has 1 aromatic rings. The van der Waals surface area contributed by atoms with Crippen molar-refractivity contribution >= 4 is 11.9 Å². The van der Waals surface area contributed by atoms with Gasteiger partial charge in [-0.15, -0.1) is 0 Å². The highest BCUT2D eigenvalue weighted by molar-refractivity contribution is 5.39. The Morgan fingerprint density at radius 2 is 2.11 bits per heavy atom. The quantitative estimate of drug-likeness (QED) is 0.877. The van der Waals surface area contributed by atoms with Crippen molar-refractivity contribution in [3.05, 3.63) is 0 Å². The Kier molecular flexibility index (Phi) is 4.07. The Bertz CT molecular complexity index is 435. The van der Waals surface area contributed by atoms with E-state index in [-0.39, 0.29) is 0 Å². The van der Waals surface area contributed by atoms with Crippen LogP contribution in [0.4, 0.5) is 11.9 Å². The van der Waals surface area contributed by atoms with Crippen molar-refractivity contribution in [2.75, 3.05) is 37.0 Å². The van der Waals surface area contributed by atoms with Crippen molar-refractivity contribution in [3.63, 3.8) is 0 Å². The first-order valence-electron chi connectivity index (χ1n) is 6.85. The minimum absolute atomic E-state index is 0.316. The molecule has 6 heteroatoms. The molecule has 6 nitrogen and oxygen atoms in total. The molecular weight excluding hydrogens is 242 g/mol. The summed E-state index contributed by atoms with van der Waals surface area (Å²) in [5.41, 5.74) is 0.316. The Balaban J connectivity index is 2.19. The van der Waals surface area contributed by atoms with Gasteiger partial charge in [0.25, 0.3) is 0 Å². The molecule has 1 aromatic heterocycles. The molecule has 1 fully saturated rings. The van der Waals surface area contributed by atoms with Gasteiger partial charge in [0.2, 0.25) is 11.9 Å². The maximum Gasteiger partial charge on any atom is 0.323 e. The van der Waals surface area contributed by atoms with E-state index in [2.05, 4.69) is 45.9 Å². The predicted molar refractivity (Wildman–Crippen MR) is 75.8 cm³/mol. The Morgan fingerprint density at radius 1 is 1.32 bits per heavy atom. The third kappa shape index (κ3) is 3.45. The fourth-order valence-corrected chi connectivity index (χ4v) is 2.14. The molecular formula is C13H23N5O. The highest BCUT2D eigenvalue weighted by atomic mass is 16.5. The van der Waals surface area contributed by atoms with E-state index < -0.39 is 0 Å². The minimum Gasteiger partial charge on any atom is -0.463 e. The molecule has 0 aliphatic carbocycles. The lowest BCUT2D eigenvalue weighted by Crippen LogP contribution is -2.25. The second-order valence-electron chi connectivity index (χ2n) is 5.68. The molecule has 2 heterocycles. The lowest BCUT2D eigenvalue weighted by Gasteiger charge is -2.20. The van der Waals surface area contributed by atoms with Gasteiger partial charge in [0.15, 0.2) is 0 Å². The van der Waals surface area contributed by atoms with E-state index in [1.807, 2.05) is 0 Å². The summed E-state index contributed by atoms with van der Waals surface area (Å²) in [5.74, 6) is 1.26. The van der Waals surface area contributed by atoms with Crippen LogP contribution in [0.3, 0.4) is 0 Å². The SMILES string of the molecule is CCCOc1nc(NC)nc(N2CCC(C)(C)C2)n1. The summed E-state index contributed by atoms with van der Waals surface area (Å²) in [7, 11) is 1.80. The van der Waals surface area contributed by atoms with E-state index in [9.17, 15) is 0 Å². The molecule has 0 spiro atoms. The number of nitrogens with zero attached hydrogens (tertiary/aromatic N) is 4. The largest absolute Gasteiger partial charge is 0.463 e. The molecule has 0 saturated carbocycles. The number of aromatic nitrogens is 3.